The minimum atomic E-state index is 0.175. The van der Waals surface area contributed by atoms with E-state index < -0.39 is 0 Å². The first-order valence-corrected chi connectivity index (χ1v) is 5.60. The van der Waals surface area contributed by atoms with Gasteiger partial charge in [0.25, 0.3) is 0 Å². The van der Waals surface area contributed by atoms with Crippen LogP contribution in [0.1, 0.15) is 6.42 Å². The second-order valence-electron chi connectivity index (χ2n) is 2.79. The lowest BCUT2D eigenvalue weighted by molar-refractivity contribution is -0.113. The van der Waals surface area contributed by atoms with Gasteiger partial charge in [0, 0.05) is 6.08 Å². The van der Waals surface area contributed by atoms with Crippen LogP contribution in [0, 0.1) is 0 Å². The lowest BCUT2D eigenvalue weighted by Gasteiger charge is -2.03. The van der Waals surface area contributed by atoms with Crippen molar-refractivity contribution in [3.05, 3.63) is 11.8 Å². The molecular formula is C8H13O2S+. The summed E-state index contributed by atoms with van der Waals surface area (Å²) in [5.74, 6) is 1.07. The molecule has 0 saturated carbocycles. The predicted molar refractivity (Wildman–Crippen MR) is 47.7 cm³/mol. The van der Waals surface area contributed by atoms with Crippen molar-refractivity contribution in [2.75, 3.05) is 19.6 Å². The van der Waals surface area contributed by atoms with Gasteiger partial charge < -0.3 is 4.74 Å². The molecule has 1 aliphatic rings. The van der Waals surface area contributed by atoms with E-state index in [0.717, 1.165) is 12.2 Å². The third-order valence-corrected chi connectivity index (χ3v) is 3.38. The van der Waals surface area contributed by atoms with E-state index in [1.165, 1.54) is 0 Å². The van der Waals surface area contributed by atoms with Crippen LogP contribution in [0.4, 0.5) is 0 Å². The highest BCUT2D eigenvalue weighted by molar-refractivity contribution is 7.96. The van der Waals surface area contributed by atoms with Crippen molar-refractivity contribution in [1.82, 2.24) is 0 Å². The highest BCUT2D eigenvalue weighted by Gasteiger charge is 2.35. The molecule has 0 aromatic carbocycles. The first kappa shape index (κ1) is 8.65. The van der Waals surface area contributed by atoms with Crippen LogP contribution >= 0.6 is 0 Å². The van der Waals surface area contributed by atoms with Gasteiger partial charge in [0.15, 0.2) is 5.25 Å². The number of hydrogen-bond donors (Lipinski definition) is 0. The molecule has 3 heteroatoms. The first-order valence-electron chi connectivity index (χ1n) is 3.50. The van der Waals surface area contributed by atoms with Crippen molar-refractivity contribution >= 4 is 16.7 Å². The molecule has 0 saturated heterocycles. The van der Waals surface area contributed by atoms with Crippen LogP contribution in [-0.4, -0.2) is 30.7 Å². The molecule has 0 radical (unpaired) electrons. The molecule has 0 N–H and O–H groups in total. The summed E-state index contributed by atoms with van der Waals surface area (Å²) in [6.45, 7) is 0. The summed E-state index contributed by atoms with van der Waals surface area (Å²) in [4.78, 5) is 11.2. The minimum Gasteiger partial charge on any atom is -0.501 e. The highest BCUT2D eigenvalue weighted by Crippen LogP contribution is 2.21. The van der Waals surface area contributed by atoms with E-state index in [0.29, 0.717) is 0 Å². The van der Waals surface area contributed by atoms with Crippen LogP contribution in [0.15, 0.2) is 11.8 Å². The zero-order valence-electron chi connectivity index (χ0n) is 7.09. The third kappa shape index (κ3) is 1.77. The zero-order chi connectivity index (χ0) is 8.43. The van der Waals surface area contributed by atoms with Gasteiger partial charge in [0.1, 0.15) is 5.76 Å². The number of ketones is 1. The van der Waals surface area contributed by atoms with E-state index in [1.807, 2.05) is 0 Å². The van der Waals surface area contributed by atoms with Crippen molar-refractivity contribution in [3.63, 3.8) is 0 Å². The first-order chi connectivity index (χ1) is 5.15. The molecule has 0 spiro atoms. The summed E-state index contributed by atoms with van der Waals surface area (Å²) < 4.78 is 5.01. The van der Waals surface area contributed by atoms with E-state index in [2.05, 4.69) is 12.5 Å². The molecule has 0 amide bonds. The Morgan fingerprint density at radius 1 is 1.64 bits per heavy atom. The average molecular weight is 173 g/mol. The van der Waals surface area contributed by atoms with Crippen molar-refractivity contribution in [1.29, 1.82) is 0 Å². The van der Waals surface area contributed by atoms with Gasteiger partial charge >= 0.3 is 0 Å². The maximum Gasteiger partial charge on any atom is 0.211 e. The van der Waals surface area contributed by atoms with Crippen molar-refractivity contribution in [2.24, 2.45) is 0 Å². The van der Waals surface area contributed by atoms with E-state index >= 15 is 0 Å². The topological polar surface area (TPSA) is 26.3 Å². The van der Waals surface area contributed by atoms with E-state index in [-0.39, 0.29) is 21.9 Å². The molecule has 2 nitrogen and oxygen atoms in total. The molecule has 0 aromatic rings. The van der Waals surface area contributed by atoms with Crippen molar-refractivity contribution in [3.8, 4) is 0 Å². The molecule has 1 atom stereocenters. The Morgan fingerprint density at radius 3 is 2.55 bits per heavy atom. The number of carbonyl (C=O) groups is 1. The second kappa shape index (κ2) is 3.30. The van der Waals surface area contributed by atoms with Crippen LogP contribution in [0.25, 0.3) is 0 Å². The Hall–Kier alpha value is -0.440. The number of ether oxygens (including phenoxy) is 1. The summed E-state index contributed by atoms with van der Waals surface area (Å²) in [6, 6.07) is 0. The van der Waals surface area contributed by atoms with E-state index in [4.69, 9.17) is 4.74 Å². The molecule has 0 fully saturated rings. The smallest absolute Gasteiger partial charge is 0.211 e. The van der Waals surface area contributed by atoms with Crippen LogP contribution in [0.3, 0.4) is 0 Å². The fourth-order valence-electron chi connectivity index (χ4n) is 1.14. The molecule has 1 unspecified atom stereocenters. The lowest BCUT2D eigenvalue weighted by Crippen LogP contribution is -2.23. The van der Waals surface area contributed by atoms with Gasteiger partial charge in [-0.15, -0.1) is 0 Å². The van der Waals surface area contributed by atoms with Crippen molar-refractivity contribution in [2.45, 2.75) is 11.7 Å². The summed E-state index contributed by atoms with van der Waals surface area (Å²) >= 11 is 0. The molecule has 0 aliphatic heterocycles. The Morgan fingerprint density at radius 2 is 2.27 bits per heavy atom. The SMILES string of the molecule is COC1=CC(=O)C([S+](C)C)C1. The number of carbonyl (C=O) groups excluding carboxylic acids is 1. The third-order valence-electron chi connectivity index (χ3n) is 1.84. The second-order valence-corrected chi connectivity index (χ2v) is 5.12. The Kier molecular flexibility index (Phi) is 2.60. The zero-order valence-corrected chi connectivity index (χ0v) is 7.90. The fraction of sp³-hybridized carbons (Fsp3) is 0.625. The molecule has 1 aliphatic carbocycles. The molecule has 62 valence electrons. The van der Waals surface area contributed by atoms with Crippen molar-refractivity contribution < 1.29 is 9.53 Å². The summed E-state index contributed by atoms with van der Waals surface area (Å²) in [5.41, 5.74) is 0. The number of rotatable bonds is 2. The van der Waals surface area contributed by atoms with Gasteiger partial charge in [0.2, 0.25) is 5.78 Å². The van der Waals surface area contributed by atoms with Crippen LogP contribution < -0.4 is 0 Å². The van der Waals surface area contributed by atoms with E-state index in [1.54, 1.807) is 13.2 Å². The lowest BCUT2D eigenvalue weighted by atomic mass is 10.3. The van der Waals surface area contributed by atoms with Gasteiger partial charge in [-0.25, -0.2) is 0 Å². The summed E-state index contributed by atoms with van der Waals surface area (Å²) in [6.07, 6.45) is 6.60. The standard InChI is InChI=1S/C8H13O2S/c1-10-6-4-7(9)8(5-6)11(2)3/h4,8H,5H2,1-3H3/q+1. The molecule has 0 aromatic heterocycles. The Labute approximate surface area is 70.0 Å². The average Bonchev–Trinajstić information content (AvgIpc) is 2.30. The molecule has 11 heavy (non-hydrogen) atoms. The predicted octanol–water partition coefficient (Wildman–Crippen LogP) is 0.736. The summed E-state index contributed by atoms with van der Waals surface area (Å²) in [7, 11) is 1.79. The Balaban J connectivity index is 2.62. The van der Waals surface area contributed by atoms with E-state index in [9.17, 15) is 4.79 Å². The Bertz CT molecular complexity index is 196. The van der Waals surface area contributed by atoms with Crippen LogP contribution in [0.2, 0.25) is 0 Å². The van der Waals surface area contributed by atoms with Crippen LogP contribution in [0.5, 0.6) is 0 Å². The van der Waals surface area contributed by atoms with Gasteiger partial charge in [-0.2, -0.15) is 0 Å². The molecule has 0 bridgehead atoms. The fourth-order valence-corrected chi connectivity index (χ4v) is 2.17. The quantitative estimate of drug-likeness (QED) is 0.576. The number of allylic oxidation sites excluding steroid dienone is 2. The maximum atomic E-state index is 11.2. The highest BCUT2D eigenvalue weighted by atomic mass is 32.2. The van der Waals surface area contributed by atoms with Gasteiger partial charge in [0.05, 0.1) is 26.0 Å². The largest absolute Gasteiger partial charge is 0.501 e. The molecular weight excluding hydrogens is 160 g/mol. The monoisotopic (exact) mass is 173 g/mol. The number of hydrogen-bond acceptors (Lipinski definition) is 2. The minimum absolute atomic E-state index is 0.175. The number of methoxy groups -OCH3 is 1. The molecule has 0 heterocycles. The molecule has 1 rings (SSSR count). The van der Waals surface area contributed by atoms with Crippen LogP contribution in [-0.2, 0) is 20.4 Å². The normalized spacial score (nSPS) is 24.2. The summed E-state index contributed by atoms with van der Waals surface area (Å²) in [5, 5.41) is 0.185. The van der Waals surface area contributed by atoms with Gasteiger partial charge in [-0.05, 0) is 10.9 Å². The maximum absolute atomic E-state index is 11.2. The van der Waals surface area contributed by atoms with Gasteiger partial charge in [-0.1, -0.05) is 0 Å². The van der Waals surface area contributed by atoms with Gasteiger partial charge in [-0.3, -0.25) is 4.79 Å².